The van der Waals surface area contributed by atoms with Crippen molar-refractivity contribution in [1.29, 1.82) is 0 Å². The predicted octanol–water partition coefficient (Wildman–Crippen LogP) is 3.28. The molecule has 3 heteroatoms. The van der Waals surface area contributed by atoms with Gasteiger partial charge in [-0.15, -0.1) is 0 Å². The first kappa shape index (κ1) is 13.5. The van der Waals surface area contributed by atoms with Crippen molar-refractivity contribution in [3.8, 4) is 0 Å². The molecule has 1 N–H and O–H groups in total. The van der Waals surface area contributed by atoms with E-state index in [9.17, 15) is 4.79 Å². The van der Waals surface area contributed by atoms with E-state index >= 15 is 0 Å². The topological polar surface area (TPSA) is 32.3 Å². The van der Waals surface area contributed by atoms with E-state index in [1.54, 1.807) is 0 Å². The molecule has 20 heavy (non-hydrogen) atoms. The normalized spacial score (nSPS) is 25.9. The summed E-state index contributed by atoms with van der Waals surface area (Å²) >= 11 is 0. The van der Waals surface area contributed by atoms with Gasteiger partial charge < -0.3 is 10.2 Å². The van der Waals surface area contributed by atoms with Crippen molar-refractivity contribution in [3.63, 3.8) is 0 Å². The number of fused-ring (bicyclic) bond motifs is 1. The minimum absolute atomic E-state index is 0.269. The zero-order chi connectivity index (χ0) is 13.8. The van der Waals surface area contributed by atoms with Crippen LogP contribution in [0, 0.1) is 5.92 Å². The first-order valence-electron chi connectivity index (χ1n) is 7.93. The summed E-state index contributed by atoms with van der Waals surface area (Å²) < 4.78 is 0. The fourth-order valence-electron chi connectivity index (χ4n) is 3.77. The zero-order valence-corrected chi connectivity index (χ0v) is 12.1. The van der Waals surface area contributed by atoms with Gasteiger partial charge in [-0.3, -0.25) is 4.79 Å². The van der Waals surface area contributed by atoms with Crippen LogP contribution in [0.15, 0.2) is 30.3 Å². The molecule has 2 unspecified atom stereocenters. The number of piperidine rings is 1. The van der Waals surface area contributed by atoms with E-state index in [1.807, 2.05) is 30.3 Å². The van der Waals surface area contributed by atoms with Crippen molar-refractivity contribution in [2.75, 3.05) is 18.4 Å². The monoisotopic (exact) mass is 272 g/mol. The second-order valence-corrected chi connectivity index (χ2v) is 6.06. The molecule has 1 aromatic carbocycles. The van der Waals surface area contributed by atoms with Crippen LogP contribution in [-0.4, -0.2) is 29.9 Å². The lowest BCUT2D eigenvalue weighted by molar-refractivity contribution is -0.135. The lowest BCUT2D eigenvalue weighted by Gasteiger charge is -2.44. The van der Waals surface area contributed by atoms with Crippen LogP contribution in [-0.2, 0) is 4.79 Å². The molecule has 0 aromatic heterocycles. The van der Waals surface area contributed by atoms with E-state index in [0.717, 1.165) is 18.2 Å². The summed E-state index contributed by atoms with van der Waals surface area (Å²) in [4.78, 5) is 14.6. The number of amides is 1. The van der Waals surface area contributed by atoms with Gasteiger partial charge in [0.25, 0.3) is 0 Å². The van der Waals surface area contributed by atoms with E-state index < -0.39 is 0 Å². The van der Waals surface area contributed by atoms with Crippen LogP contribution in [0.2, 0.25) is 0 Å². The van der Waals surface area contributed by atoms with Crippen molar-refractivity contribution in [1.82, 2.24) is 4.90 Å². The number of nitrogens with zero attached hydrogens (tertiary/aromatic N) is 1. The fraction of sp³-hybridized carbons (Fsp3) is 0.588. The van der Waals surface area contributed by atoms with Gasteiger partial charge in [-0.2, -0.15) is 0 Å². The van der Waals surface area contributed by atoms with Gasteiger partial charge in [0.1, 0.15) is 0 Å². The van der Waals surface area contributed by atoms with E-state index in [1.165, 1.54) is 38.5 Å². The molecule has 1 amide bonds. The third kappa shape index (κ3) is 2.97. The van der Waals surface area contributed by atoms with Gasteiger partial charge in [0, 0.05) is 18.3 Å². The Morgan fingerprint density at radius 2 is 1.85 bits per heavy atom. The predicted molar refractivity (Wildman–Crippen MR) is 81.6 cm³/mol. The molecule has 3 nitrogen and oxygen atoms in total. The number of anilines is 1. The molecule has 0 bridgehead atoms. The number of hydrogen-bond acceptors (Lipinski definition) is 2. The highest BCUT2D eigenvalue weighted by molar-refractivity contribution is 5.81. The number of carbonyl (C=O) groups excluding carboxylic acids is 1. The molecular formula is C17H24N2O. The average Bonchev–Trinajstić information content (AvgIpc) is 2.53. The molecule has 1 saturated carbocycles. The molecular weight excluding hydrogens is 248 g/mol. The number of carbonyl (C=O) groups is 1. The molecule has 1 aromatic rings. The van der Waals surface area contributed by atoms with Crippen molar-refractivity contribution < 1.29 is 4.79 Å². The zero-order valence-electron chi connectivity index (χ0n) is 12.1. The van der Waals surface area contributed by atoms with E-state index in [0.29, 0.717) is 12.6 Å². The van der Waals surface area contributed by atoms with Crippen molar-refractivity contribution in [2.24, 2.45) is 5.92 Å². The number of hydrogen-bond donors (Lipinski definition) is 1. The standard InChI is InChI=1S/C17H24N2O/c20-17(13-18-15-9-2-1-3-10-15)19-12-6-8-14-7-4-5-11-16(14)19/h1-3,9-10,14,16,18H,4-8,11-13H2. The van der Waals surface area contributed by atoms with Crippen LogP contribution in [0.4, 0.5) is 5.69 Å². The van der Waals surface area contributed by atoms with E-state index in [4.69, 9.17) is 0 Å². The maximum absolute atomic E-state index is 12.5. The summed E-state index contributed by atoms with van der Waals surface area (Å²) in [5.74, 6) is 1.03. The van der Waals surface area contributed by atoms with Gasteiger partial charge in [0.15, 0.2) is 0 Å². The average molecular weight is 272 g/mol. The Morgan fingerprint density at radius 1 is 1.10 bits per heavy atom. The third-order valence-electron chi connectivity index (χ3n) is 4.78. The summed E-state index contributed by atoms with van der Waals surface area (Å²) in [5, 5.41) is 3.25. The molecule has 1 aliphatic heterocycles. The first-order chi connectivity index (χ1) is 9.84. The second-order valence-electron chi connectivity index (χ2n) is 6.06. The fourth-order valence-corrected chi connectivity index (χ4v) is 3.77. The molecule has 2 fully saturated rings. The molecule has 2 aliphatic rings. The lowest BCUT2D eigenvalue weighted by Crippen LogP contribution is -2.51. The molecule has 0 spiro atoms. The van der Waals surface area contributed by atoms with Crippen LogP contribution in [0.3, 0.4) is 0 Å². The third-order valence-corrected chi connectivity index (χ3v) is 4.78. The van der Waals surface area contributed by atoms with Gasteiger partial charge in [0.05, 0.1) is 6.54 Å². The van der Waals surface area contributed by atoms with Crippen molar-refractivity contribution in [3.05, 3.63) is 30.3 Å². The molecule has 1 heterocycles. The summed E-state index contributed by atoms with van der Waals surface area (Å²) in [6.45, 7) is 1.38. The Kier molecular flexibility index (Phi) is 4.24. The number of benzene rings is 1. The maximum Gasteiger partial charge on any atom is 0.242 e. The van der Waals surface area contributed by atoms with Crippen LogP contribution < -0.4 is 5.32 Å². The van der Waals surface area contributed by atoms with Crippen molar-refractivity contribution >= 4 is 11.6 Å². The van der Waals surface area contributed by atoms with Gasteiger partial charge in [-0.05, 0) is 43.7 Å². The molecule has 1 aliphatic carbocycles. The van der Waals surface area contributed by atoms with Gasteiger partial charge in [0.2, 0.25) is 5.91 Å². The summed E-state index contributed by atoms with van der Waals surface area (Å²) in [5.41, 5.74) is 1.03. The van der Waals surface area contributed by atoms with E-state index in [2.05, 4.69) is 10.2 Å². The highest BCUT2D eigenvalue weighted by atomic mass is 16.2. The number of rotatable bonds is 3. The Labute approximate surface area is 121 Å². The van der Waals surface area contributed by atoms with Crippen LogP contribution in [0.1, 0.15) is 38.5 Å². The van der Waals surface area contributed by atoms with Gasteiger partial charge >= 0.3 is 0 Å². The summed E-state index contributed by atoms with van der Waals surface area (Å²) in [6, 6.07) is 10.5. The van der Waals surface area contributed by atoms with Crippen molar-refractivity contribution in [2.45, 2.75) is 44.6 Å². The quantitative estimate of drug-likeness (QED) is 0.916. The molecule has 108 valence electrons. The number of likely N-dealkylation sites (tertiary alicyclic amines) is 1. The number of nitrogens with one attached hydrogen (secondary N) is 1. The number of para-hydroxylation sites is 1. The van der Waals surface area contributed by atoms with Crippen LogP contribution in [0.5, 0.6) is 0 Å². The molecule has 3 rings (SSSR count). The summed E-state index contributed by atoms with van der Waals surface area (Å²) in [7, 11) is 0. The Bertz CT molecular complexity index is 444. The van der Waals surface area contributed by atoms with Crippen LogP contribution >= 0.6 is 0 Å². The first-order valence-corrected chi connectivity index (χ1v) is 7.93. The Balaban J connectivity index is 1.58. The smallest absolute Gasteiger partial charge is 0.242 e. The Hall–Kier alpha value is -1.51. The summed E-state index contributed by atoms with van der Waals surface area (Å²) in [6.07, 6.45) is 7.67. The van der Waals surface area contributed by atoms with E-state index in [-0.39, 0.29) is 5.91 Å². The second kappa shape index (κ2) is 6.29. The van der Waals surface area contributed by atoms with Gasteiger partial charge in [-0.25, -0.2) is 0 Å². The largest absolute Gasteiger partial charge is 0.376 e. The lowest BCUT2D eigenvalue weighted by atomic mass is 9.78. The minimum Gasteiger partial charge on any atom is -0.376 e. The molecule has 2 atom stereocenters. The van der Waals surface area contributed by atoms with Crippen LogP contribution in [0.25, 0.3) is 0 Å². The SMILES string of the molecule is O=C(CNc1ccccc1)N1CCCC2CCCCC21. The van der Waals surface area contributed by atoms with Gasteiger partial charge in [-0.1, -0.05) is 31.0 Å². The Morgan fingerprint density at radius 3 is 2.70 bits per heavy atom. The molecule has 0 radical (unpaired) electrons. The highest BCUT2D eigenvalue weighted by Crippen LogP contribution is 2.35. The highest BCUT2D eigenvalue weighted by Gasteiger charge is 2.35. The molecule has 1 saturated heterocycles. The minimum atomic E-state index is 0.269. The maximum atomic E-state index is 12.5.